The molecule has 0 spiro atoms. The van der Waals surface area contributed by atoms with Crippen LogP contribution >= 0.6 is 0 Å². The number of amides is 1. The van der Waals surface area contributed by atoms with Gasteiger partial charge in [-0.25, -0.2) is 4.79 Å². The van der Waals surface area contributed by atoms with Gasteiger partial charge in [-0.1, -0.05) is 48.5 Å². The number of alkyl halides is 3. The van der Waals surface area contributed by atoms with Gasteiger partial charge in [0.2, 0.25) is 0 Å². The molecular weight excluding hydrogens is 446 g/mol. The van der Waals surface area contributed by atoms with Gasteiger partial charge in [0.1, 0.15) is 6.61 Å². The van der Waals surface area contributed by atoms with Gasteiger partial charge in [0.05, 0.1) is 16.8 Å². The quantitative estimate of drug-likeness (QED) is 0.525. The van der Waals surface area contributed by atoms with Crippen molar-refractivity contribution in [2.24, 2.45) is 0 Å². The fourth-order valence-corrected chi connectivity index (χ4v) is 3.39. The van der Waals surface area contributed by atoms with Crippen LogP contribution in [0.2, 0.25) is 0 Å². The molecular formula is C25H29BF3NO4. The maximum Gasteiger partial charge on any atom is 0.492 e. The normalized spacial score (nSPS) is 17.5. The minimum Gasteiger partial charge on any atom is -0.445 e. The predicted octanol–water partition coefficient (Wildman–Crippen LogP) is 5.96. The van der Waals surface area contributed by atoms with Crippen molar-refractivity contribution in [2.75, 3.05) is 6.54 Å². The first kappa shape index (κ1) is 25.8. The lowest BCUT2D eigenvalue weighted by Gasteiger charge is -2.32. The molecule has 2 aromatic rings. The highest BCUT2D eigenvalue weighted by Crippen LogP contribution is 2.39. The number of hydrogen-bond acceptors (Lipinski definition) is 4. The predicted molar refractivity (Wildman–Crippen MR) is 125 cm³/mol. The number of hydrogen-bond donors (Lipinski definition) is 1. The number of nitrogens with one attached hydrogen (secondary N) is 1. The lowest BCUT2D eigenvalue weighted by Crippen LogP contribution is -2.41. The average molecular weight is 475 g/mol. The summed E-state index contributed by atoms with van der Waals surface area (Å²) in [5.74, 6) is 0. The Morgan fingerprint density at radius 1 is 1.06 bits per heavy atom. The Morgan fingerprint density at radius 3 is 2.26 bits per heavy atom. The van der Waals surface area contributed by atoms with Crippen molar-refractivity contribution in [2.45, 2.75) is 58.6 Å². The largest absolute Gasteiger partial charge is 0.492 e. The standard InChI is InChI=1S/C25H29BF3NO4/c1-17-11-12-19(14-21(17)25(27,28)29)13-20(26-33-23(2,3)24(4,5)34-26)15-30-22(31)32-16-18-9-7-6-8-10-18/h6-14H,15-16H2,1-5H3,(H,30,31). The summed E-state index contributed by atoms with van der Waals surface area (Å²) in [6.45, 7) is 8.98. The first-order chi connectivity index (χ1) is 15.8. The molecule has 2 aromatic carbocycles. The topological polar surface area (TPSA) is 56.8 Å². The Labute approximate surface area is 198 Å². The van der Waals surface area contributed by atoms with E-state index in [-0.39, 0.29) is 18.7 Å². The lowest BCUT2D eigenvalue weighted by atomic mass is 9.77. The summed E-state index contributed by atoms with van der Waals surface area (Å²) >= 11 is 0. The third-order valence-corrected chi connectivity index (χ3v) is 6.12. The summed E-state index contributed by atoms with van der Waals surface area (Å²) in [6, 6.07) is 13.3. The monoisotopic (exact) mass is 475 g/mol. The minimum atomic E-state index is -4.47. The Hall–Kier alpha value is -2.78. The Morgan fingerprint density at radius 2 is 1.68 bits per heavy atom. The molecule has 1 aliphatic rings. The molecule has 0 aromatic heterocycles. The highest BCUT2D eigenvalue weighted by atomic mass is 19.4. The molecule has 0 saturated carbocycles. The van der Waals surface area contributed by atoms with Gasteiger partial charge in [0, 0.05) is 6.54 Å². The number of carbonyl (C=O) groups excluding carboxylic acids is 1. The number of rotatable bonds is 6. The molecule has 0 unspecified atom stereocenters. The zero-order chi connectivity index (χ0) is 25.1. The number of halogens is 3. The summed E-state index contributed by atoms with van der Waals surface area (Å²) in [6.07, 6.45) is -3.59. The molecule has 5 nitrogen and oxygen atoms in total. The van der Waals surface area contributed by atoms with Crippen LogP contribution in [0.5, 0.6) is 0 Å². The van der Waals surface area contributed by atoms with Crippen molar-refractivity contribution < 1.29 is 32.0 Å². The molecule has 1 amide bonds. The van der Waals surface area contributed by atoms with E-state index in [1.165, 1.54) is 13.0 Å². The van der Waals surface area contributed by atoms with Crippen LogP contribution < -0.4 is 5.32 Å². The lowest BCUT2D eigenvalue weighted by molar-refractivity contribution is -0.138. The number of aryl methyl sites for hydroxylation is 1. The number of ether oxygens (including phenoxy) is 1. The summed E-state index contributed by atoms with van der Waals surface area (Å²) in [7, 11) is -0.852. The zero-order valence-electron chi connectivity index (χ0n) is 20.0. The van der Waals surface area contributed by atoms with Crippen molar-refractivity contribution in [1.82, 2.24) is 5.32 Å². The fraction of sp³-hybridized carbons (Fsp3) is 0.400. The highest BCUT2D eigenvalue weighted by Gasteiger charge is 2.52. The van der Waals surface area contributed by atoms with E-state index in [2.05, 4.69) is 5.32 Å². The van der Waals surface area contributed by atoms with Gasteiger partial charge in [-0.2, -0.15) is 13.2 Å². The minimum absolute atomic E-state index is 0.0281. The molecule has 1 heterocycles. The van der Waals surface area contributed by atoms with Gasteiger partial charge in [0.25, 0.3) is 0 Å². The molecule has 1 fully saturated rings. The fourth-order valence-electron chi connectivity index (χ4n) is 3.39. The van der Waals surface area contributed by atoms with Crippen molar-refractivity contribution in [3.63, 3.8) is 0 Å². The Balaban J connectivity index is 1.81. The van der Waals surface area contributed by atoms with Crippen LogP contribution in [0.15, 0.2) is 54.0 Å². The van der Waals surface area contributed by atoms with E-state index < -0.39 is 36.2 Å². The molecule has 34 heavy (non-hydrogen) atoms. The van der Waals surface area contributed by atoms with Gasteiger partial charge < -0.3 is 19.4 Å². The molecule has 182 valence electrons. The molecule has 1 N–H and O–H groups in total. The van der Waals surface area contributed by atoms with E-state index >= 15 is 0 Å². The summed E-state index contributed by atoms with van der Waals surface area (Å²) in [5.41, 5.74) is -0.286. The second-order valence-corrected chi connectivity index (χ2v) is 9.29. The van der Waals surface area contributed by atoms with Crippen molar-refractivity contribution >= 4 is 19.3 Å². The van der Waals surface area contributed by atoms with Crippen LogP contribution in [0.3, 0.4) is 0 Å². The van der Waals surface area contributed by atoms with E-state index in [9.17, 15) is 18.0 Å². The summed E-state index contributed by atoms with van der Waals surface area (Å²) in [4.78, 5) is 12.3. The molecule has 0 aliphatic carbocycles. The average Bonchev–Trinajstić information content (AvgIpc) is 2.97. The van der Waals surface area contributed by atoms with Crippen LogP contribution in [0.1, 0.15) is 49.9 Å². The first-order valence-corrected chi connectivity index (χ1v) is 11.0. The van der Waals surface area contributed by atoms with Gasteiger partial charge in [-0.05, 0) is 62.8 Å². The molecule has 1 aliphatic heterocycles. The number of carbonyl (C=O) groups is 1. The Kier molecular flexibility index (Phi) is 7.48. The second-order valence-electron chi connectivity index (χ2n) is 9.29. The van der Waals surface area contributed by atoms with Crippen LogP contribution in [0, 0.1) is 6.92 Å². The third-order valence-electron chi connectivity index (χ3n) is 6.12. The molecule has 1 saturated heterocycles. The number of alkyl carbamates (subject to hydrolysis) is 1. The van der Waals surface area contributed by atoms with Gasteiger partial charge in [0.15, 0.2) is 0 Å². The third kappa shape index (κ3) is 6.21. The summed E-state index contributed by atoms with van der Waals surface area (Å²) in [5, 5.41) is 2.65. The molecule has 0 radical (unpaired) electrons. The van der Waals surface area contributed by atoms with E-state index in [1.54, 1.807) is 12.1 Å². The van der Waals surface area contributed by atoms with E-state index in [4.69, 9.17) is 14.0 Å². The summed E-state index contributed by atoms with van der Waals surface area (Å²) < 4.78 is 57.6. The van der Waals surface area contributed by atoms with Gasteiger partial charge in [-0.15, -0.1) is 0 Å². The molecule has 0 atom stereocenters. The maximum absolute atomic E-state index is 13.4. The van der Waals surface area contributed by atoms with Gasteiger partial charge in [-0.3, -0.25) is 0 Å². The van der Waals surface area contributed by atoms with E-state index in [0.717, 1.165) is 11.6 Å². The highest BCUT2D eigenvalue weighted by molar-refractivity contribution is 6.56. The Bertz CT molecular complexity index is 1040. The molecule has 9 heteroatoms. The molecule has 0 bridgehead atoms. The van der Waals surface area contributed by atoms with E-state index in [0.29, 0.717) is 11.0 Å². The number of benzene rings is 2. The van der Waals surface area contributed by atoms with Crippen molar-refractivity contribution in [3.8, 4) is 0 Å². The van der Waals surface area contributed by atoms with Crippen LogP contribution in [-0.2, 0) is 26.8 Å². The molecule has 3 rings (SSSR count). The van der Waals surface area contributed by atoms with Crippen LogP contribution in [-0.4, -0.2) is 31.0 Å². The first-order valence-electron chi connectivity index (χ1n) is 11.0. The SMILES string of the molecule is Cc1ccc(C=C(CNC(=O)OCc2ccccc2)B2OC(C)(C)C(C)(C)O2)cc1C(F)(F)F. The zero-order valence-corrected chi connectivity index (χ0v) is 20.0. The maximum atomic E-state index is 13.4. The van der Waals surface area contributed by atoms with Crippen molar-refractivity contribution in [1.29, 1.82) is 0 Å². The van der Waals surface area contributed by atoms with Crippen LogP contribution in [0.25, 0.3) is 6.08 Å². The van der Waals surface area contributed by atoms with Crippen molar-refractivity contribution in [3.05, 3.63) is 76.3 Å². The smallest absolute Gasteiger partial charge is 0.445 e. The van der Waals surface area contributed by atoms with Crippen LogP contribution in [0.4, 0.5) is 18.0 Å². The second kappa shape index (κ2) is 9.84. The van der Waals surface area contributed by atoms with Gasteiger partial charge >= 0.3 is 19.4 Å². The van der Waals surface area contributed by atoms with E-state index in [1.807, 2.05) is 58.0 Å².